The Morgan fingerprint density at radius 2 is 2.32 bits per heavy atom. The summed E-state index contributed by atoms with van der Waals surface area (Å²) in [5.74, 6) is -0.450. The second-order valence-corrected chi connectivity index (χ2v) is 4.21. The minimum absolute atomic E-state index is 0.0155. The smallest absolute Gasteiger partial charge is 0.305 e. The SMILES string of the molecule is Cc1cccc2cc(C#N)c(NCCC(=O)O)nc12. The van der Waals surface area contributed by atoms with Gasteiger partial charge >= 0.3 is 5.97 Å². The van der Waals surface area contributed by atoms with Gasteiger partial charge in [0.1, 0.15) is 11.9 Å². The van der Waals surface area contributed by atoms with Gasteiger partial charge in [-0.15, -0.1) is 0 Å². The molecular weight excluding hydrogens is 242 g/mol. The summed E-state index contributed by atoms with van der Waals surface area (Å²) in [6.07, 6.45) is -0.0155. The highest BCUT2D eigenvalue weighted by Crippen LogP contribution is 2.22. The Kier molecular flexibility index (Phi) is 3.62. The molecule has 0 aliphatic heterocycles. The van der Waals surface area contributed by atoms with Crippen LogP contribution in [0.4, 0.5) is 5.82 Å². The van der Waals surface area contributed by atoms with Crippen LogP contribution < -0.4 is 5.32 Å². The number of benzene rings is 1. The van der Waals surface area contributed by atoms with Crippen LogP contribution in [0.5, 0.6) is 0 Å². The minimum Gasteiger partial charge on any atom is -0.481 e. The van der Waals surface area contributed by atoms with Crippen molar-refractivity contribution in [3.63, 3.8) is 0 Å². The van der Waals surface area contributed by atoms with Crippen LogP contribution in [0.1, 0.15) is 17.5 Å². The van der Waals surface area contributed by atoms with E-state index in [-0.39, 0.29) is 13.0 Å². The van der Waals surface area contributed by atoms with Crippen LogP contribution in [0, 0.1) is 18.3 Å². The first-order valence-electron chi connectivity index (χ1n) is 5.88. The number of aromatic nitrogens is 1. The maximum Gasteiger partial charge on any atom is 0.305 e. The molecule has 19 heavy (non-hydrogen) atoms. The van der Waals surface area contributed by atoms with Crippen LogP contribution in [0.3, 0.4) is 0 Å². The van der Waals surface area contributed by atoms with Gasteiger partial charge in [-0.2, -0.15) is 5.26 Å². The molecule has 0 saturated heterocycles. The molecule has 2 N–H and O–H groups in total. The normalized spacial score (nSPS) is 10.1. The second-order valence-electron chi connectivity index (χ2n) is 4.21. The van der Waals surface area contributed by atoms with E-state index in [2.05, 4.69) is 16.4 Å². The van der Waals surface area contributed by atoms with Crippen molar-refractivity contribution in [3.05, 3.63) is 35.4 Å². The van der Waals surface area contributed by atoms with E-state index in [9.17, 15) is 4.79 Å². The highest BCUT2D eigenvalue weighted by molar-refractivity contribution is 5.85. The Morgan fingerprint density at radius 3 is 3.00 bits per heavy atom. The van der Waals surface area contributed by atoms with E-state index in [1.54, 1.807) is 6.07 Å². The molecule has 0 radical (unpaired) electrons. The lowest BCUT2D eigenvalue weighted by molar-refractivity contribution is -0.136. The Balaban J connectivity index is 2.39. The zero-order chi connectivity index (χ0) is 13.8. The zero-order valence-corrected chi connectivity index (χ0v) is 10.5. The van der Waals surface area contributed by atoms with Gasteiger partial charge in [0.05, 0.1) is 17.5 Å². The van der Waals surface area contributed by atoms with Crippen LogP contribution >= 0.6 is 0 Å². The highest BCUT2D eigenvalue weighted by Gasteiger charge is 2.08. The summed E-state index contributed by atoms with van der Waals surface area (Å²) in [4.78, 5) is 14.9. The fraction of sp³-hybridized carbons (Fsp3) is 0.214. The number of pyridine rings is 1. The number of nitriles is 1. The monoisotopic (exact) mass is 255 g/mol. The van der Waals surface area contributed by atoms with Crippen molar-refractivity contribution in [2.75, 3.05) is 11.9 Å². The van der Waals surface area contributed by atoms with Gasteiger partial charge in [-0.1, -0.05) is 18.2 Å². The predicted molar refractivity (Wildman–Crippen MR) is 71.9 cm³/mol. The molecule has 0 saturated carbocycles. The Morgan fingerprint density at radius 1 is 1.53 bits per heavy atom. The highest BCUT2D eigenvalue weighted by atomic mass is 16.4. The van der Waals surface area contributed by atoms with E-state index >= 15 is 0 Å². The van der Waals surface area contributed by atoms with Gasteiger partial charge in [0.15, 0.2) is 0 Å². The van der Waals surface area contributed by atoms with E-state index in [1.807, 2.05) is 25.1 Å². The number of nitrogens with one attached hydrogen (secondary N) is 1. The summed E-state index contributed by atoms with van der Waals surface area (Å²) >= 11 is 0. The van der Waals surface area contributed by atoms with Crippen molar-refractivity contribution in [3.8, 4) is 6.07 Å². The Bertz CT molecular complexity index is 674. The average molecular weight is 255 g/mol. The summed E-state index contributed by atoms with van der Waals surface area (Å²) in [6, 6.07) is 9.60. The molecule has 0 aliphatic rings. The van der Waals surface area contributed by atoms with Crippen LogP contribution in [-0.2, 0) is 4.79 Å². The number of hydrogen-bond donors (Lipinski definition) is 2. The predicted octanol–water partition coefficient (Wildman–Crippen LogP) is 2.30. The number of carbonyl (C=O) groups is 1. The average Bonchev–Trinajstić information content (AvgIpc) is 2.38. The zero-order valence-electron chi connectivity index (χ0n) is 10.5. The number of fused-ring (bicyclic) bond motifs is 1. The lowest BCUT2D eigenvalue weighted by Gasteiger charge is -2.09. The lowest BCUT2D eigenvalue weighted by Crippen LogP contribution is -2.10. The first-order valence-corrected chi connectivity index (χ1v) is 5.88. The number of aryl methyl sites for hydroxylation is 1. The number of rotatable bonds is 4. The molecular formula is C14H13N3O2. The van der Waals surface area contributed by atoms with E-state index in [0.717, 1.165) is 16.5 Å². The van der Waals surface area contributed by atoms with Crippen molar-refractivity contribution < 1.29 is 9.90 Å². The Hall–Kier alpha value is -2.61. The fourth-order valence-corrected chi connectivity index (χ4v) is 1.85. The van der Waals surface area contributed by atoms with Crippen molar-refractivity contribution in [1.29, 1.82) is 5.26 Å². The first kappa shape index (κ1) is 12.8. The number of aliphatic carboxylic acids is 1. The molecule has 1 aromatic heterocycles. The van der Waals surface area contributed by atoms with Crippen LogP contribution in [-0.4, -0.2) is 22.6 Å². The molecule has 5 heteroatoms. The van der Waals surface area contributed by atoms with Gasteiger partial charge in [0.2, 0.25) is 0 Å². The molecule has 0 unspecified atom stereocenters. The van der Waals surface area contributed by atoms with E-state index in [4.69, 9.17) is 10.4 Å². The summed E-state index contributed by atoms with van der Waals surface area (Å²) in [6.45, 7) is 2.19. The van der Waals surface area contributed by atoms with Crippen molar-refractivity contribution in [1.82, 2.24) is 4.98 Å². The molecule has 5 nitrogen and oxygen atoms in total. The maximum atomic E-state index is 10.5. The molecule has 0 aliphatic carbocycles. The van der Waals surface area contributed by atoms with Crippen molar-refractivity contribution >= 4 is 22.7 Å². The molecule has 0 atom stereocenters. The third kappa shape index (κ3) is 2.80. The minimum atomic E-state index is -0.886. The number of para-hydroxylation sites is 1. The lowest BCUT2D eigenvalue weighted by atomic mass is 10.1. The van der Waals surface area contributed by atoms with E-state index in [1.165, 1.54) is 0 Å². The number of anilines is 1. The van der Waals surface area contributed by atoms with Gasteiger partial charge in [-0.3, -0.25) is 4.79 Å². The van der Waals surface area contributed by atoms with Crippen LogP contribution in [0.2, 0.25) is 0 Å². The quantitative estimate of drug-likeness (QED) is 0.875. The van der Waals surface area contributed by atoms with Gasteiger partial charge in [-0.05, 0) is 18.6 Å². The number of hydrogen-bond acceptors (Lipinski definition) is 4. The first-order chi connectivity index (χ1) is 9.11. The van der Waals surface area contributed by atoms with Crippen LogP contribution in [0.15, 0.2) is 24.3 Å². The third-order valence-corrected chi connectivity index (χ3v) is 2.80. The largest absolute Gasteiger partial charge is 0.481 e. The topological polar surface area (TPSA) is 86.0 Å². The van der Waals surface area contributed by atoms with Crippen LogP contribution in [0.25, 0.3) is 10.9 Å². The number of nitrogens with zero attached hydrogens (tertiary/aromatic N) is 2. The third-order valence-electron chi connectivity index (χ3n) is 2.80. The molecule has 1 aromatic carbocycles. The standard InChI is InChI=1S/C14H13N3O2/c1-9-3-2-4-10-7-11(8-15)14(17-13(9)10)16-6-5-12(18)19/h2-4,7H,5-6H2,1H3,(H,16,17)(H,18,19). The molecule has 0 amide bonds. The van der Waals surface area contributed by atoms with E-state index in [0.29, 0.717) is 11.4 Å². The summed E-state index contributed by atoms with van der Waals surface area (Å²) in [5.41, 5.74) is 2.26. The number of carboxylic acid groups (broad SMARTS) is 1. The molecule has 2 rings (SSSR count). The summed E-state index contributed by atoms with van der Waals surface area (Å²) < 4.78 is 0. The van der Waals surface area contributed by atoms with Gasteiger partial charge < -0.3 is 10.4 Å². The molecule has 0 bridgehead atoms. The number of carboxylic acids is 1. The molecule has 0 spiro atoms. The Labute approximate surface area is 110 Å². The van der Waals surface area contributed by atoms with Crippen molar-refractivity contribution in [2.24, 2.45) is 0 Å². The second kappa shape index (κ2) is 5.36. The van der Waals surface area contributed by atoms with Gasteiger partial charge in [0, 0.05) is 11.9 Å². The fourth-order valence-electron chi connectivity index (χ4n) is 1.85. The van der Waals surface area contributed by atoms with Crippen molar-refractivity contribution in [2.45, 2.75) is 13.3 Å². The molecule has 2 aromatic rings. The molecule has 96 valence electrons. The maximum absolute atomic E-state index is 10.5. The summed E-state index contributed by atoms with van der Waals surface area (Å²) in [7, 11) is 0. The molecule has 0 fully saturated rings. The summed E-state index contributed by atoms with van der Waals surface area (Å²) in [5, 5.41) is 21.5. The van der Waals surface area contributed by atoms with E-state index < -0.39 is 5.97 Å². The van der Waals surface area contributed by atoms with Gasteiger partial charge in [0.25, 0.3) is 0 Å². The van der Waals surface area contributed by atoms with Gasteiger partial charge in [-0.25, -0.2) is 4.98 Å². The molecule has 1 heterocycles.